The quantitative estimate of drug-likeness (QED) is 0.619. The molecule has 0 saturated heterocycles. The Bertz CT molecular complexity index is 1050. The number of aryl methyl sites for hydroxylation is 2. The number of hydrogen-bond acceptors (Lipinski definition) is 4. The third-order valence-electron chi connectivity index (χ3n) is 4.13. The number of nitrogens with zero attached hydrogens (tertiary/aromatic N) is 3. The van der Waals surface area contributed by atoms with Crippen LogP contribution in [0.3, 0.4) is 0 Å². The van der Waals surface area contributed by atoms with E-state index < -0.39 is 12.3 Å². The molecule has 0 atom stereocenters. The Morgan fingerprint density at radius 3 is 2.47 bits per heavy atom. The molecule has 158 valence electrons. The summed E-state index contributed by atoms with van der Waals surface area (Å²) < 4.78 is 42.0. The van der Waals surface area contributed by atoms with E-state index in [-0.39, 0.29) is 23.0 Å². The predicted octanol–water partition coefficient (Wildman–Crippen LogP) is 4.41. The van der Waals surface area contributed by atoms with Crippen molar-refractivity contribution in [3.8, 4) is 11.6 Å². The molecule has 30 heavy (non-hydrogen) atoms. The molecule has 0 radical (unpaired) electrons. The van der Waals surface area contributed by atoms with Gasteiger partial charge in [-0.3, -0.25) is 4.79 Å². The third kappa shape index (κ3) is 5.50. The van der Waals surface area contributed by atoms with Crippen LogP contribution in [-0.4, -0.2) is 33.6 Å². The van der Waals surface area contributed by atoms with Crippen molar-refractivity contribution in [3.05, 3.63) is 70.1 Å². The summed E-state index contributed by atoms with van der Waals surface area (Å²) >= 11 is 6.13. The van der Waals surface area contributed by atoms with Gasteiger partial charge in [-0.15, -0.1) is 13.2 Å². The molecule has 0 unspecified atom stereocenters. The smallest absolute Gasteiger partial charge is 0.406 e. The lowest BCUT2D eigenvalue weighted by Gasteiger charge is -2.10. The van der Waals surface area contributed by atoms with Gasteiger partial charge in [-0.25, -0.2) is 9.67 Å². The molecule has 10 heteroatoms. The van der Waals surface area contributed by atoms with E-state index in [1.807, 2.05) is 19.9 Å². The number of rotatable bonds is 6. The largest absolute Gasteiger partial charge is 0.573 e. The lowest BCUT2D eigenvalue weighted by molar-refractivity contribution is -0.274. The van der Waals surface area contributed by atoms with Crippen molar-refractivity contribution < 1.29 is 22.7 Å². The van der Waals surface area contributed by atoms with Crippen molar-refractivity contribution in [1.29, 1.82) is 0 Å². The van der Waals surface area contributed by atoms with Gasteiger partial charge in [-0.1, -0.05) is 23.7 Å². The molecule has 6 nitrogen and oxygen atoms in total. The average Bonchev–Trinajstić information content (AvgIpc) is 3.00. The fourth-order valence-electron chi connectivity index (χ4n) is 2.83. The van der Waals surface area contributed by atoms with Crippen molar-refractivity contribution in [2.45, 2.75) is 26.6 Å². The van der Waals surface area contributed by atoms with Crippen molar-refractivity contribution >= 4 is 17.5 Å². The first-order valence-electron chi connectivity index (χ1n) is 8.95. The second-order valence-corrected chi connectivity index (χ2v) is 6.94. The minimum atomic E-state index is -4.73. The summed E-state index contributed by atoms with van der Waals surface area (Å²) in [6.07, 6.45) is -4.32. The number of nitrogens with one attached hydrogen (secondary N) is 1. The fraction of sp³-hybridized carbons (Fsp3) is 0.250. The van der Waals surface area contributed by atoms with Crippen molar-refractivity contribution in [1.82, 2.24) is 20.1 Å². The topological polar surface area (TPSA) is 69.0 Å². The van der Waals surface area contributed by atoms with E-state index in [1.54, 1.807) is 16.8 Å². The van der Waals surface area contributed by atoms with Crippen molar-refractivity contribution in [2.75, 3.05) is 6.54 Å². The highest BCUT2D eigenvalue weighted by atomic mass is 35.5. The molecule has 0 fully saturated rings. The maximum atomic E-state index is 12.5. The monoisotopic (exact) mass is 438 g/mol. The van der Waals surface area contributed by atoms with Crippen LogP contribution in [-0.2, 0) is 6.42 Å². The highest BCUT2D eigenvalue weighted by molar-refractivity contribution is 6.33. The number of alkyl halides is 3. The van der Waals surface area contributed by atoms with Gasteiger partial charge in [0.05, 0.1) is 10.7 Å². The summed E-state index contributed by atoms with van der Waals surface area (Å²) in [6.45, 7) is 3.98. The number of benzene rings is 1. The molecule has 3 rings (SSSR count). The summed E-state index contributed by atoms with van der Waals surface area (Å²) in [5.41, 5.74) is 2.49. The van der Waals surface area contributed by atoms with Gasteiger partial charge in [0.25, 0.3) is 5.91 Å². The Balaban J connectivity index is 1.62. The number of aromatic nitrogens is 3. The van der Waals surface area contributed by atoms with Gasteiger partial charge in [0.2, 0.25) is 0 Å². The molecular formula is C20H18ClF3N4O2. The lowest BCUT2D eigenvalue weighted by Crippen LogP contribution is -2.27. The van der Waals surface area contributed by atoms with Crippen LogP contribution in [0.1, 0.15) is 27.4 Å². The van der Waals surface area contributed by atoms with Gasteiger partial charge in [0, 0.05) is 12.2 Å². The Hall–Kier alpha value is -3.07. The first-order valence-corrected chi connectivity index (χ1v) is 9.33. The molecule has 1 N–H and O–H groups in total. The van der Waals surface area contributed by atoms with E-state index in [0.29, 0.717) is 12.2 Å². The maximum absolute atomic E-state index is 12.5. The zero-order valence-corrected chi connectivity index (χ0v) is 16.9. The van der Waals surface area contributed by atoms with Gasteiger partial charge in [0.1, 0.15) is 11.4 Å². The van der Waals surface area contributed by atoms with Gasteiger partial charge >= 0.3 is 6.36 Å². The molecule has 2 aromatic heterocycles. The van der Waals surface area contributed by atoms with Crippen LogP contribution in [0.25, 0.3) is 5.82 Å². The van der Waals surface area contributed by atoms with Gasteiger partial charge < -0.3 is 10.1 Å². The Morgan fingerprint density at radius 2 is 1.87 bits per heavy atom. The SMILES string of the molecule is Cc1cc(C)n(-c2ccc(Cl)c(C(=O)NCCc3ccc(OC(F)(F)F)cc3)n2)n1. The number of ether oxygens (including phenoxy) is 1. The molecule has 0 aliphatic heterocycles. The molecule has 1 aromatic carbocycles. The van der Waals surface area contributed by atoms with Crippen LogP contribution in [0.15, 0.2) is 42.5 Å². The number of halogens is 4. The van der Waals surface area contributed by atoms with E-state index in [9.17, 15) is 18.0 Å². The number of pyridine rings is 1. The number of carbonyl (C=O) groups is 1. The highest BCUT2D eigenvalue weighted by Gasteiger charge is 2.30. The van der Waals surface area contributed by atoms with Crippen LogP contribution in [0.4, 0.5) is 13.2 Å². The molecule has 3 aromatic rings. The number of carbonyl (C=O) groups excluding carboxylic acids is 1. The summed E-state index contributed by atoms with van der Waals surface area (Å²) in [6, 6.07) is 10.6. The third-order valence-corrected chi connectivity index (χ3v) is 4.43. The Kier molecular flexibility index (Phi) is 6.31. The van der Waals surface area contributed by atoms with E-state index in [1.165, 1.54) is 24.3 Å². The van der Waals surface area contributed by atoms with Crippen LogP contribution >= 0.6 is 11.6 Å². The second kappa shape index (κ2) is 8.74. The molecule has 0 saturated carbocycles. The zero-order chi connectivity index (χ0) is 21.9. The Morgan fingerprint density at radius 1 is 1.17 bits per heavy atom. The van der Waals surface area contributed by atoms with Gasteiger partial charge in [-0.2, -0.15) is 5.10 Å². The Labute approximate surface area is 175 Å². The first kappa shape index (κ1) is 21.6. The van der Waals surface area contributed by atoms with E-state index in [2.05, 4.69) is 20.1 Å². The summed E-state index contributed by atoms with van der Waals surface area (Å²) in [4.78, 5) is 16.8. The molecule has 0 bridgehead atoms. The predicted molar refractivity (Wildman–Crippen MR) is 105 cm³/mol. The van der Waals surface area contributed by atoms with Crippen LogP contribution < -0.4 is 10.1 Å². The number of amides is 1. The average molecular weight is 439 g/mol. The van der Waals surface area contributed by atoms with Gasteiger partial charge in [0.15, 0.2) is 5.82 Å². The normalized spacial score (nSPS) is 11.4. The lowest BCUT2D eigenvalue weighted by atomic mass is 10.1. The van der Waals surface area contributed by atoms with Crippen molar-refractivity contribution in [3.63, 3.8) is 0 Å². The molecule has 2 heterocycles. The minimum Gasteiger partial charge on any atom is -0.406 e. The zero-order valence-electron chi connectivity index (χ0n) is 16.1. The van der Waals surface area contributed by atoms with Crippen LogP contribution in [0.2, 0.25) is 5.02 Å². The summed E-state index contributed by atoms with van der Waals surface area (Å²) in [7, 11) is 0. The summed E-state index contributed by atoms with van der Waals surface area (Å²) in [5, 5.41) is 7.25. The summed E-state index contributed by atoms with van der Waals surface area (Å²) in [5.74, 6) is -0.289. The van der Waals surface area contributed by atoms with Crippen LogP contribution in [0.5, 0.6) is 5.75 Å². The second-order valence-electron chi connectivity index (χ2n) is 6.54. The molecular weight excluding hydrogens is 421 g/mol. The van der Waals surface area contributed by atoms with E-state index in [4.69, 9.17) is 11.6 Å². The van der Waals surface area contributed by atoms with Crippen molar-refractivity contribution in [2.24, 2.45) is 0 Å². The van der Waals surface area contributed by atoms with E-state index >= 15 is 0 Å². The molecule has 1 amide bonds. The highest BCUT2D eigenvalue weighted by Crippen LogP contribution is 2.23. The number of hydrogen-bond donors (Lipinski definition) is 1. The minimum absolute atomic E-state index is 0.0654. The van der Waals surface area contributed by atoms with E-state index in [0.717, 1.165) is 17.0 Å². The molecule has 0 aliphatic rings. The molecule has 0 aliphatic carbocycles. The standard InChI is InChI=1S/C20H18ClF3N4O2/c1-12-11-13(2)28(27-12)17-8-7-16(21)18(26-17)19(29)25-10-9-14-3-5-15(6-4-14)30-20(22,23)24/h3-8,11H,9-10H2,1-2H3,(H,25,29). The fourth-order valence-corrected chi connectivity index (χ4v) is 3.02. The van der Waals surface area contributed by atoms with Gasteiger partial charge in [-0.05, 0) is 56.2 Å². The molecule has 0 spiro atoms. The van der Waals surface area contributed by atoms with Crippen LogP contribution in [0, 0.1) is 13.8 Å². The first-order chi connectivity index (χ1) is 14.1. The maximum Gasteiger partial charge on any atom is 0.573 e.